The number of carboxylic acids is 1. The SMILES string of the molecule is CN(Cc1cc(C(=O)O)co1)CC1CCC1. The summed E-state index contributed by atoms with van der Waals surface area (Å²) in [5, 5.41) is 8.75. The van der Waals surface area contributed by atoms with Crippen molar-refractivity contribution in [3.8, 4) is 0 Å². The van der Waals surface area contributed by atoms with Crippen LogP contribution >= 0.6 is 0 Å². The van der Waals surface area contributed by atoms with E-state index in [1.807, 2.05) is 7.05 Å². The molecule has 0 saturated heterocycles. The van der Waals surface area contributed by atoms with E-state index in [4.69, 9.17) is 9.52 Å². The zero-order valence-electron chi connectivity index (χ0n) is 9.48. The summed E-state index contributed by atoms with van der Waals surface area (Å²) in [5.74, 6) is 0.606. The van der Waals surface area contributed by atoms with Crippen LogP contribution in [0.2, 0.25) is 0 Å². The molecule has 0 spiro atoms. The van der Waals surface area contributed by atoms with Crippen molar-refractivity contribution in [3.63, 3.8) is 0 Å². The first kappa shape index (κ1) is 11.2. The molecule has 4 heteroatoms. The molecule has 0 atom stereocenters. The lowest BCUT2D eigenvalue weighted by Gasteiger charge is -2.29. The maximum atomic E-state index is 10.7. The molecule has 0 unspecified atom stereocenters. The summed E-state index contributed by atoms with van der Waals surface area (Å²) in [5.41, 5.74) is 0.229. The minimum atomic E-state index is -0.934. The third-order valence-corrected chi connectivity index (χ3v) is 3.12. The molecule has 4 nitrogen and oxygen atoms in total. The second-order valence-electron chi connectivity index (χ2n) is 4.60. The topological polar surface area (TPSA) is 53.7 Å². The normalized spacial score (nSPS) is 16.4. The van der Waals surface area contributed by atoms with E-state index in [0.29, 0.717) is 6.54 Å². The lowest BCUT2D eigenvalue weighted by molar-refractivity contribution is 0.0696. The predicted octanol–water partition coefficient (Wildman–Crippen LogP) is 2.21. The zero-order valence-corrected chi connectivity index (χ0v) is 9.48. The number of furan rings is 1. The Bertz CT molecular complexity index is 368. The van der Waals surface area contributed by atoms with Crippen molar-refractivity contribution in [2.75, 3.05) is 13.6 Å². The number of hydrogen-bond acceptors (Lipinski definition) is 3. The Morgan fingerprint density at radius 3 is 2.88 bits per heavy atom. The molecule has 16 heavy (non-hydrogen) atoms. The van der Waals surface area contributed by atoms with Crippen molar-refractivity contribution in [3.05, 3.63) is 23.7 Å². The van der Waals surface area contributed by atoms with Gasteiger partial charge in [-0.2, -0.15) is 0 Å². The maximum Gasteiger partial charge on any atom is 0.338 e. The molecule has 0 bridgehead atoms. The number of aromatic carboxylic acids is 1. The first-order valence-electron chi connectivity index (χ1n) is 5.64. The van der Waals surface area contributed by atoms with E-state index < -0.39 is 5.97 Å². The minimum Gasteiger partial charge on any atom is -0.478 e. The molecule has 0 aliphatic heterocycles. The molecule has 1 heterocycles. The molecule has 1 aliphatic carbocycles. The standard InChI is InChI=1S/C12H17NO3/c1-13(6-9-3-2-4-9)7-11-5-10(8-16-11)12(14)15/h5,8-9H,2-4,6-7H2,1H3,(H,14,15). The van der Waals surface area contributed by atoms with Gasteiger partial charge in [0.2, 0.25) is 0 Å². The Kier molecular flexibility index (Phi) is 3.29. The van der Waals surface area contributed by atoms with E-state index in [0.717, 1.165) is 18.2 Å². The summed E-state index contributed by atoms with van der Waals surface area (Å²) in [6.07, 6.45) is 5.29. The molecule has 1 aromatic rings. The van der Waals surface area contributed by atoms with Crippen LogP contribution in [0.15, 0.2) is 16.7 Å². The molecule has 0 amide bonds. The van der Waals surface area contributed by atoms with Gasteiger partial charge in [0.25, 0.3) is 0 Å². The smallest absolute Gasteiger partial charge is 0.338 e. The summed E-state index contributed by atoms with van der Waals surface area (Å²) in [6, 6.07) is 1.60. The van der Waals surface area contributed by atoms with Crippen LogP contribution in [0.5, 0.6) is 0 Å². The van der Waals surface area contributed by atoms with Gasteiger partial charge in [0.1, 0.15) is 12.0 Å². The van der Waals surface area contributed by atoms with Gasteiger partial charge in [0, 0.05) is 6.54 Å². The van der Waals surface area contributed by atoms with E-state index in [1.54, 1.807) is 6.07 Å². The van der Waals surface area contributed by atoms with Gasteiger partial charge >= 0.3 is 5.97 Å². The van der Waals surface area contributed by atoms with Gasteiger partial charge in [-0.1, -0.05) is 6.42 Å². The lowest BCUT2D eigenvalue weighted by Crippen LogP contribution is -2.28. The summed E-state index contributed by atoms with van der Waals surface area (Å²) in [6.45, 7) is 1.76. The molecular weight excluding hydrogens is 206 g/mol. The highest BCUT2D eigenvalue weighted by Gasteiger charge is 2.19. The molecule has 0 aromatic carbocycles. The van der Waals surface area contributed by atoms with Gasteiger partial charge in [-0.05, 0) is 31.9 Å². The van der Waals surface area contributed by atoms with Crippen LogP contribution < -0.4 is 0 Å². The highest BCUT2D eigenvalue weighted by Crippen LogP contribution is 2.27. The fraction of sp³-hybridized carbons (Fsp3) is 0.583. The molecule has 88 valence electrons. The number of rotatable bonds is 5. The van der Waals surface area contributed by atoms with Crippen molar-refractivity contribution >= 4 is 5.97 Å². The second kappa shape index (κ2) is 4.70. The Morgan fingerprint density at radius 2 is 2.38 bits per heavy atom. The van der Waals surface area contributed by atoms with E-state index in [9.17, 15) is 4.79 Å². The lowest BCUT2D eigenvalue weighted by atomic mass is 9.85. The summed E-state index contributed by atoms with van der Waals surface area (Å²) < 4.78 is 5.21. The van der Waals surface area contributed by atoms with Gasteiger partial charge in [-0.25, -0.2) is 4.79 Å². The molecule has 1 N–H and O–H groups in total. The summed E-state index contributed by atoms with van der Waals surface area (Å²) in [7, 11) is 2.04. The van der Waals surface area contributed by atoms with Crippen molar-refractivity contribution in [2.24, 2.45) is 5.92 Å². The Balaban J connectivity index is 1.84. The van der Waals surface area contributed by atoms with Gasteiger partial charge in [-0.3, -0.25) is 4.90 Å². The highest BCUT2D eigenvalue weighted by atomic mass is 16.4. The minimum absolute atomic E-state index is 0.229. The third-order valence-electron chi connectivity index (χ3n) is 3.12. The fourth-order valence-electron chi connectivity index (χ4n) is 2.02. The van der Waals surface area contributed by atoms with E-state index in [-0.39, 0.29) is 5.56 Å². The van der Waals surface area contributed by atoms with Gasteiger partial charge in [0.05, 0.1) is 12.1 Å². The largest absolute Gasteiger partial charge is 0.478 e. The summed E-state index contributed by atoms with van der Waals surface area (Å²) in [4.78, 5) is 12.8. The van der Waals surface area contributed by atoms with Crippen LogP contribution in [0.3, 0.4) is 0 Å². The van der Waals surface area contributed by atoms with Crippen molar-refractivity contribution < 1.29 is 14.3 Å². The molecule has 1 saturated carbocycles. The van der Waals surface area contributed by atoms with Crippen LogP contribution in [0, 0.1) is 5.92 Å². The Hall–Kier alpha value is -1.29. The van der Waals surface area contributed by atoms with E-state index in [2.05, 4.69) is 4.90 Å². The van der Waals surface area contributed by atoms with Crippen LogP contribution in [0.1, 0.15) is 35.4 Å². The van der Waals surface area contributed by atoms with Crippen molar-refractivity contribution in [2.45, 2.75) is 25.8 Å². The van der Waals surface area contributed by atoms with Gasteiger partial charge in [-0.15, -0.1) is 0 Å². The van der Waals surface area contributed by atoms with Crippen LogP contribution in [-0.2, 0) is 6.54 Å². The third kappa shape index (κ3) is 2.64. The highest BCUT2D eigenvalue weighted by molar-refractivity contribution is 5.87. The average molecular weight is 223 g/mol. The molecule has 1 aliphatic rings. The van der Waals surface area contributed by atoms with Crippen molar-refractivity contribution in [1.82, 2.24) is 4.90 Å². The molecule has 1 aromatic heterocycles. The van der Waals surface area contributed by atoms with Crippen molar-refractivity contribution in [1.29, 1.82) is 0 Å². The van der Waals surface area contributed by atoms with Crippen LogP contribution in [-0.4, -0.2) is 29.6 Å². The fourth-order valence-corrected chi connectivity index (χ4v) is 2.02. The zero-order chi connectivity index (χ0) is 11.5. The average Bonchev–Trinajstić information content (AvgIpc) is 2.60. The number of carboxylic acid groups (broad SMARTS) is 1. The molecule has 0 radical (unpaired) electrons. The second-order valence-corrected chi connectivity index (χ2v) is 4.60. The molecule has 2 rings (SSSR count). The summed E-state index contributed by atoms with van der Waals surface area (Å²) >= 11 is 0. The van der Waals surface area contributed by atoms with Crippen LogP contribution in [0.4, 0.5) is 0 Å². The molecule has 1 fully saturated rings. The number of hydrogen-bond donors (Lipinski definition) is 1. The van der Waals surface area contributed by atoms with Crippen LogP contribution in [0.25, 0.3) is 0 Å². The predicted molar refractivity (Wildman–Crippen MR) is 59.3 cm³/mol. The number of carbonyl (C=O) groups is 1. The van der Waals surface area contributed by atoms with E-state index in [1.165, 1.54) is 25.5 Å². The molecular formula is C12H17NO3. The first-order chi connectivity index (χ1) is 7.65. The quantitative estimate of drug-likeness (QED) is 0.831. The van der Waals surface area contributed by atoms with Gasteiger partial charge in [0.15, 0.2) is 0 Å². The van der Waals surface area contributed by atoms with E-state index >= 15 is 0 Å². The van der Waals surface area contributed by atoms with Gasteiger partial charge < -0.3 is 9.52 Å². The number of nitrogens with zero attached hydrogens (tertiary/aromatic N) is 1. The Labute approximate surface area is 94.9 Å². The first-order valence-corrected chi connectivity index (χ1v) is 5.64. The Morgan fingerprint density at radius 1 is 1.62 bits per heavy atom. The maximum absolute atomic E-state index is 10.7. The monoisotopic (exact) mass is 223 g/mol.